The van der Waals surface area contributed by atoms with E-state index in [0.29, 0.717) is 0 Å². The minimum absolute atomic E-state index is 0.00623. The van der Waals surface area contributed by atoms with Gasteiger partial charge in [0.15, 0.2) is 6.61 Å². The molecule has 0 aromatic heterocycles. The molecule has 0 heterocycles. The van der Waals surface area contributed by atoms with Crippen molar-refractivity contribution in [2.24, 2.45) is 0 Å². The Balaban J connectivity index is 2.05. The van der Waals surface area contributed by atoms with Crippen LogP contribution in [0.1, 0.15) is 10.4 Å². The number of nitrogens with zero attached hydrogens (tertiary/aromatic N) is 1. The molecule has 1 N–H and O–H groups in total. The fourth-order valence-corrected chi connectivity index (χ4v) is 2.26. The summed E-state index contributed by atoms with van der Waals surface area (Å²) in [5.41, 5.74) is 0.216. The maximum Gasteiger partial charge on any atom is 0.337 e. The molecule has 0 atom stereocenters. The zero-order valence-corrected chi connectivity index (χ0v) is 15.1. The predicted octanol–water partition coefficient (Wildman–Crippen LogP) is 3.06. The van der Waals surface area contributed by atoms with Gasteiger partial charge >= 0.3 is 11.7 Å². The smallest absolute Gasteiger partial charge is 0.337 e. The van der Waals surface area contributed by atoms with Crippen molar-refractivity contribution in [1.82, 2.24) is 0 Å². The number of benzene rings is 2. The Labute approximate surface area is 158 Å². The number of anilines is 1. The summed E-state index contributed by atoms with van der Waals surface area (Å²) in [6.45, 7) is -0.389. The summed E-state index contributed by atoms with van der Waals surface area (Å²) in [6.07, 6.45) is 0. The molecule has 0 bridgehead atoms. The number of hydrogen-bond donors (Lipinski definition) is 1. The Morgan fingerprint density at radius 1 is 1.19 bits per heavy atom. The van der Waals surface area contributed by atoms with Gasteiger partial charge in [0.2, 0.25) is 5.75 Å². The summed E-state index contributed by atoms with van der Waals surface area (Å²) < 4.78 is 14.8. The van der Waals surface area contributed by atoms with E-state index in [1.807, 2.05) is 0 Å². The second kappa shape index (κ2) is 8.86. The highest BCUT2D eigenvalue weighted by Crippen LogP contribution is 2.30. The molecule has 0 aliphatic carbocycles. The Morgan fingerprint density at radius 2 is 1.93 bits per heavy atom. The number of carbonyl (C=O) groups is 2. The van der Waals surface area contributed by atoms with E-state index in [-0.39, 0.29) is 40.1 Å². The predicted molar refractivity (Wildman–Crippen MR) is 96.6 cm³/mol. The number of amides is 1. The Hall–Kier alpha value is -3.33. The number of nitrogens with one attached hydrogen (secondary N) is 1. The minimum atomic E-state index is -0.592. The van der Waals surface area contributed by atoms with Crippen LogP contribution < -0.4 is 14.8 Å². The van der Waals surface area contributed by atoms with Crippen LogP contribution in [0.25, 0.3) is 0 Å². The molecule has 1 amide bonds. The highest BCUT2D eigenvalue weighted by Gasteiger charge is 2.16. The molecule has 10 heteroatoms. The number of esters is 1. The molecule has 9 nitrogen and oxygen atoms in total. The number of methoxy groups -OCH3 is 2. The number of nitro benzene ring substituents is 1. The summed E-state index contributed by atoms with van der Waals surface area (Å²) in [4.78, 5) is 33.9. The molecule has 0 aliphatic rings. The summed E-state index contributed by atoms with van der Waals surface area (Å²) in [7, 11) is 2.52. The van der Waals surface area contributed by atoms with E-state index in [0.717, 1.165) is 0 Å². The van der Waals surface area contributed by atoms with Crippen LogP contribution in [0.3, 0.4) is 0 Å². The van der Waals surface area contributed by atoms with Gasteiger partial charge in [0.05, 0.1) is 35.4 Å². The van der Waals surface area contributed by atoms with Crippen molar-refractivity contribution >= 4 is 34.9 Å². The first kappa shape index (κ1) is 20.0. The van der Waals surface area contributed by atoms with Crippen molar-refractivity contribution in [2.45, 2.75) is 0 Å². The molecule has 142 valence electrons. The molecule has 0 unspecified atom stereocenters. The Kier molecular flexibility index (Phi) is 6.56. The van der Waals surface area contributed by atoms with Gasteiger partial charge in [0.1, 0.15) is 5.75 Å². The second-order valence-corrected chi connectivity index (χ2v) is 5.52. The quantitative estimate of drug-likeness (QED) is 0.435. The fraction of sp³-hybridized carbons (Fsp3) is 0.176. The lowest BCUT2D eigenvalue weighted by Gasteiger charge is -2.10. The van der Waals surface area contributed by atoms with Gasteiger partial charge < -0.3 is 19.5 Å². The van der Waals surface area contributed by atoms with Crippen LogP contribution in [0, 0.1) is 10.1 Å². The second-order valence-electron chi connectivity index (χ2n) is 5.11. The lowest BCUT2D eigenvalue weighted by Crippen LogP contribution is -2.20. The Morgan fingerprint density at radius 3 is 2.56 bits per heavy atom. The largest absolute Gasteiger partial charge is 0.490 e. The summed E-state index contributed by atoms with van der Waals surface area (Å²) in [5, 5.41) is 13.6. The molecule has 2 aromatic carbocycles. The van der Waals surface area contributed by atoms with Crippen molar-refractivity contribution in [3.63, 3.8) is 0 Å². The summed E-state index contributed by atoms with van der Waals surface area (Å²) in [6, 6.07) is 8.15. The molecule has 0 saturated heterocycles. The van der Waals surface area contributed by atoms with E-state index in [1.54, 1.807) is 0 Å². The zero-order valence-electron chi connectivity index (χ0n) is 14.4. The van der Waals surface area contributed by atoms with Crippen LogP contribution in [0.5, 0.6) is 11.5 Å². The van der Waals surface area contributed by atoms with Crippen molar-refractivity contribution in [3.05, 3.63) is 57.1 Å². The number of carbonyl (C=O) groups excluding carboxylic acids is 2. The Bertz CT molecular complexity index is 886. The highest BCUT2D eigenvalue weighted by atomic mass is 35.5. The van der Waals surface area contributed by atoms with Gasteiger partial charge in [0, 0.05) is 12.1 Å². The van der Waals surface area contributed by atoms with Crippen molar-refractivity contribution in [2.75, 3.05) is 26.1 Å². The number of rotatable bonds is 7. The van der Waals surface area contributed by atoms with Crippen LogP contribution in [-0.2, 0) is 9.53 Å². The standard InChI is InChI=1S/C17H15ClN2O7/c1-25-15-8-11(4-6-14(15)20(23)24)27-9-16(21)19-13-7-10(17(22)26-2)3-5-12(13)18/h3-8H,9H2,1-2H3,(H,19,21). The van der Waals surface area contributed by atoms with Crippen molar-refractivity contribution in [1.29, 1.82) is 0 Å². The first-order valence-electron chi connectivity index (χ1n) is 7.48. The molecule has 0 fully saturated rings. The number of nitro groups is 1. The third-order valence-electron chi connectivity index (χ3n) is 3.38. The number of ether oxygens (including phenoxy) is 3. The maximum absolute atomic E-state index is 12.1. The fourth-order valence-electron chi connectivity index (χ4n) is 2.10. The summed E-state index contributed by atoms with van der Waals surface area (Å²) in [5.74, 6) is -0.902. The molecular weight excluding hydrogens is 380 g/mol. The van der Waals surface area contributed by atoms with Crippen molar-refractivity contribution < 1.29 is 28.7 Å². The highest BCUT2D eigenvalue weighted by molar-refractivity contribution is 6.33. The molecule has 2 rings (SSSR count). The topological polar surface area (TPSA) is 117 Å². The van der Waals surface area contributed by atoms with E-state index >= 15 is 0 Å². The minimum Gasteiger partial charge on any atom is -0.490 e. The van der Waals surface area contributed by atoms with Gasteiger partial charge in [-0.05, 0) is 24.3 Å². The molecule has 0 aliphatic heterocycles. The summed E-state index contributed by atoms with van der Waals surface area (Å²) >= 11 is 6.00. The zero-order chi connectivity index (χ0) is 20.0. The number of halogens is 1. The van der Waals surface area contributed by atoms with Gasteiger partial charge in [-0.25, -0.2) is 4.79 Å². The SMILES string of the molecule is COC(=O)c1ccc(Cl)c(NC(=O)COc2ccc([N+](=O)[O-])c(OC)c2)c1. The van der Waals surface area contributed by atoms with Gasteiger partial charge in [-0.2, -0.15) is 0 Å². The molecule has 0 radical (unpaired) electrons. The first-order chi connectivity index (χ1) is 12.8. The van der Waals surface area contributed by atoms with Gasteiger partial charge in [0.25, 0.3) is 5.91 Å². The lowest BCUT2D eigenvalue weighted by molar-refractivity contribution is -0.385. The van der Waals surface area contributed by atoms with E-state index in [1.165, 1.54) is 50.6 Å². The van der Waals surface area contributed by atoms with E-state index in [4.69, 9.17) is 21.1 Å². The molecule has 2 aromatic rings. The molecule has 0 spiro atoms. The van der Waals surface area contributed by atoms with Crippen molar-refractivity contribution in [3.8, 4) is 11.5 Å². The maximum atomic E-state index is 12.1. The van der Waals surface area contributed by atoms with Crippen LogP contribution >= 0.6 is 11.6 Å². The van der Waals surface area contributed by atoms with E-state index < -0.39 is 16.8 Å². The van der Waals surface area contributed by atoms with E-state index in [9.17, 15) is 19.7 Å². The van der Waals surface area contributed by atoms with Gasteiger partial charge in [-0.15, -0.1) is 0 Å². The van der Waals surface area contributed by atoms with Gasteiger partial charge in [-0.3, -0.25) is 14.9 Å². The normalized spacial score (nSPS) is 10.0. The third-order valence-corrected chi connectivity index (χ3v) is 3.71. The average molecular weight is 395 g/mol. The molecule has 0 saturated carbocycles. The van der Waals surface area contributed by atoms with Gasteiger partial charge in [-0.1, -0.05) is 11.6 Å². The number of hydrogen-bond acceptors (Lipinski definition) is 7. The third kappa shape index (κ3) is 5.08. The van der Waals surface area contributed by atoms with Crippen LogP contribution in [-0.4, -0.2) is 37.6 Å². The van der Waals surface area contributed by atoms with Crippen LogP contribution in [0.4, 0.5) is 11.4 Å². The molecule has 27 heavy (non-hydrogen) atoms. The lowest BCUT2D eigenvalue weighted by atomic mass is 10.2. The first-order valence-corrected chi connectivity index (χ1v) is 7.86. The molecular formula is C17H15ClN2O7. The van der Waals surface area contributed by atoms with E-state index in [2.05, 4.69) is 10.1 Å². The van der Waals surface area contributed by atoms with Crippen LogP contribution in [0.2, 0.25) is 5.02 Å². The monoisotopic (exact) mass is 394 g/mol. The van der Waals surface area contributed by atoms with Crippen LogP contribution in [0.15, 0.2) is 36.4 Å². The average Bonchev–Trinajstić information content (AvgIpc) is 2.67.